The number of carbonyl (C=O) groups is 1. The molecule has 1 amide bonds. The fourth-order valence-electron chi connectivity index (χ4n) is 2.98. The zero-order chi connectivity index (χ0) is 23.2. The summed E-state index contributed by atoms with van der Waals surface area (Å²) in [6, 6.07) is 20.2. The molecule has 1 saturated heterocycles. The van der Waals surface area contributed by atoms with E-state index in [1.165, 1.54) is 11.6 Å². The van der Waals surface area contributed by atoms with E-state index in [1.807, 2.05) is 30.3 Å². The van der Waals surface area contributed by atoms with Gasteiger partial charge in [-0.3, -0.25) is 10.2 Å². The molecular formula is C23H25N5O3U. The molecule has 8 nitrogen and oxygen atoms in total. The van der Waals surface area contributed by atoms with Crippen LogP contribution >= 0.6 is 0 Å². The van der Waals surface area contributed by atoms with Gasteiger partial charge >= 0.3 is 32.3 Å². The van der Waals surface area contributed by atoms with E-state index in [9.17, 15) is 4.79 Å². The molecule has 9 heteroatoms. The number of nitrogens with zero attached hydrogens (tertiary/aromatic N) is 2. The summed E-state index contributed by atoms with van der Waals surface area (Å²) in [7, 11) is 2.08. The molecule has 0 saturated carbocycles. The number of hydrogen-bond acceptors (Lipinski definition) is 6. The van der Waals surface area contributed by atoms with Crippen molar-refractivity contribution in [3.63, 3.8) is 0 Å². The number of aromatic nitrogens is 1. The van der Waals surface area contributed by atoms with E-state index < -0.39 is 27.8 Å². The molecule has 1 aromatic heterocycles. The molecule has 32 heavy (non-hydrogen) atoms. The number of nitrogens with two attached hydrogens (primary N) is 1. The van der Waals surface area contributed by atoms with Gasteiger partial charge in [-0.25, -0.2) is 5.01 Å². The summed E-state index contributed by atoms with van der Waals surface area (Å²) in [4.78, 5) is 15.5. The Morgan fingerprint density at radius 2 is 1.97 bits per heavy atom. The van der Waals surface area contributed by atoms with Gasteiger partial charge in [0.15, 0.2) is 0 Å². The first-order valence-corrected chi connectivity index (χ1v) is 13.2. The summed E-state index contributed by atoms with van der Waals surface area (Å²) in [6.07, 6.45) is 6.50. The standard InChI is InChI=1S/C13H13N3O.C10H13N2.2O.U/c14-11-3-1-2-4-12(11)16-13(17)6-5-10-7-8-15-9-10;1-12-8-10(7-11-12)9-5-3-2-4-6-9;;;/h1-9H,14H2,(H2,15,16,17);3-6,10-11H,7-8H2,1H3;;;/q;-1;;;+2/p-1. The molecule has 164 valence electrons. The van der Waals surface area contributed by atoms with E-state index in [0.29, 0.717) is 17.3 Å². The van der Waals surface area contributed by atoms with E-state index in [1.54, 1.807) is 30.6 Å². The number of hydrazine groups is 1. The van der Waals surface area contributed by atoms with Crippen LogP contribution in [-0.2, 0) is 9.27 Å². The minimum atomic E-state index is -2.51. The summed E-state index contributed by atoms with van der Waals surface area (Å²) < 4.78 is 17.2. The van der Waals surface area contributed by atoms with E-state index in [-0.39, 0.29) is 5.91 Å². The van der Waals surface area contributed by atoms with Crippen molar-refractivity contribution in [2.45, 2.75) is 5.92 Å². The summed E-state index contributed by atoms with van der Waals surface area (Å²) in [5.74, 6) is 0.425. The summed E-state index contributed by atoms with van der Waals surface area (Å²) >= 11 is -2.51. The zero-order valence-electron chi connectivity index (χ0n) is 17.7. The van der Waals surface area contributed by atoms with Crippen molar-refractivity contribution in [3.05, 3.63) is 90.3 Å². The molecule has 1 atom stereocenters. The van der Waals surface area contributed by atoms with Crippen LogP contribution in [0.5, 0.6) is 0 Å². The summed E-state index contributed by atoms with van der Waals surface area (Å²) in [5.41, 5.74) is 12.5. The van der Waals surface area contributed by atoms with Crippen LogP contribution in [0.1, 0.15) is 17.0 Å². The van der Waals surface area contributed by atoms with Gasteiger partial charge in [-0.15, -0.1) is 0 Å². The average Bonchev–Trinajstić information content (AvgIpc) is 3.47. The van der Waals surface area contributed by atoms with Gasteiger partial charge in [-0.05, 0) is 23.6 Å². The van der Waals surface area contributed by atoms with Crippen molar-refractivity contribution in [1.29, 1.82) is 0 Å². The van der Waals surface area contributed by atoms with Crippen molar-refractivity contribution in [3.8, 4) is 0 Å². The second kappa shape index (κ2) is 14.4. The van der Waals surface area contributed by atoms with Crippen LogP contribution in [0.4, 0.5) is 11.4 Å². The normalized spacial score (nSPS) is 15.1. The van der Waals surface area contributed by atoms with Gasteiger partial charge < -0.3 is 16.0 Å². The Morgan fingerprint density at radius 1 is 1.25 bits per heavy atom. The van der Waals surface area contributed by atoms with Gasteiger partial charge in [0.25, 0.3) is 0 Å². The zero-order valence-corrected chi connectivity index (χ0v) is 21.9. The van der Waals surface area contributed by atoms with Crippen LogP contribution in [0.3, 0.4) is 0 Å². The molecule has 4 rings (SSSR count). The third kappa shape index (κ3) is 9.20. The third-order valence-corrected chi connectivity index (χ3v) is 4.54. The second-order valence-corrected chi connectivity index (χ2v) is 7.55. The van der Waals surface area contributed by atoms with Gasteiger partial charge in [0.2, 0.25) is 5.91 Å². The number of likely N-dealkylation sites (N-methyl/N-ethyl adjacent to an activating group) is 1. The van der Waals surface area contributed by atoms with Crippen LogP contribution < -0.4 is 21.5 Å². The van der Waals surface area contributed by atoms with Crippen molar-refractivity contribution in [2.75, 3.05) is 31.2 Å². The van der Waals surface area contributed by atoms with Gasteiger partial charge in [-0.1, -0.05) is 24.3 Å². The van der Waals surface area contributed by atoms with E-state index in [4.69, 9.17) is 10.2 Å². The van der Waals surface area contributed by atoms with Gasteiger partial charge in [0.1, 0.15) is 0 Å². The number of hydrogen-bond donors (Lipinski definition) is 3. The summed E-state index contributed by atoms with van der Waals surface area (Å²) in [6.45, 7) is 2.16. The van der Waals surface area contributed by atoms with Crippen molar-refractivity contribution in [2.24, 2.45) is 0 Å². The predicted octanol–water partition coefficient (Wildman–Crippen LogP) is 2.66. The molecule has 4 N–H and O–H groups in total. The Bertz CT molecular complexity index is 1020. The number of nitrogen functional groups attached to an aromatic ring is 1. The molecular weight excluding hydrogens is 632 g/mol. The van der Waals surface area contributed by atoms with Crippen molar-refractivity contribution < 1.29 is 37.1 Å². The molecule has 0 bridgehead atoms. The minimum absolute atomic E-state index is 0.218. The van der Waals surface area contributed by atoms with Crippen molar-refractivity contribution in [1.82, 2.24) is 15.4 Å². The average molecular weight is 658 g/mol. The van der Waals surface area contributed by atoms with Gasteiger partial charge in [0, 0.05) is 26.2 Å². The fourth-order valence-corrected chi connectivity index (χ4v) is 2.98. The van der Waals surface area contributed by atoms with E-state index >= 15 is 0 Å². The number of para-hydroxylation sites is 2. The molecule has 3 aromatic rings. The van der Waals surface area contributed by atoms with Crippen LogP contribution in [0.25, 0.3) is 6.08 Å². The molecule has 2 aromatic carbocycles. The molecule has 0 radical (unpaired) electrons. The Labute approximate surface area is 202 Å². The number of nitrogens with one attached hydrogen (secondary N) is 2. The maximum absolute atomic E-state index is 11.6. The quantitative estimate of drug-likeness (QED) is 0.225. The fraction of sp³-hybridized carbons (Fsp3) is 0.174. The SMILES string of the molecule is CN1CC(c2cc[c-]cc2)CN1.Nc1ccccc1NC(=O)/C=C/c1cc[n-]c1.[O]=[U+2]=[O]. The van der Waals surface area contributed by atoms with Gasteiger partial charge in [-0.2, -0.15) is 48.3 Å². The number of carbonyl (C=O) groups excluding carboxylic acids is 1. The topological polar surface area (TPSA) is 119 Å². The van der Waals surface area contributed by atoms with E-state index in [0.717, 1.165) is 18.7 Å². The molecule has 2 heterocycles. The number of rotatable bonds is 4. The van der Waals surface area contributed by atoms with Gasteiger partial charge in [0.05, 0.1) is 11.4 Å². The number of benzene rings is 2. The molecule has 1 aliphatic heterocycles. The first kappa shape index (κ1) is 25.6. The molecule has 1 fully saturated rings. The first-order chi connectivity index (χ1) is 15.5. The first-order valence-electron chi connectivity index (χ1n) is 9.83. The summed E-state index contributed by atoms with van der Waals surface area (Å²) in [5, 5.41) is 4.84. The number of anilines is 2. The van der Waals surface area contributed by atoms with Crippen LogP contribution in [0, 0.1) is 33.9 Å². The Hall–Kier alpha value is -2.70. The van der Waals surface area contributed by atoms with Crippen molar-refractivity contribution >= 4 is 23.4 Å². The Balaban J connectivity index is 0.000000211. The molecule has 0 spiro atoms. The van der Waals surface area contributed by atoms with Crippen LogP contribution in [0.2, 0.25) is 0 Å². The monoisotopic (exact) mass is 657 g/mol. The Morgan fingerprint density at radius 3 is 2.56 bits per heavy atom. The van der Waals surface area contributed by atoms with Crippen LogP contribution in [-0.4, -0.2) is 31.1 Å². The third-order valence-electron chi connectivity index (χ3n) is 4.54. The molecule has 0 aliphatic carbocycles. The molecule has 1 aliphatic rings. The molecule has 1 unspecified atom stereocenters. The van der Waals surface area contributed by atoms with E-state index in [2.05, 4.69) is 46.0 Å². The Kier molecular flexibility index (Phi) is 11.5. The predicted molar refractivity (Wildman–Crippen MR) is 118 cm³/mol. The van der Waals surface area contributed by atoms with Crippen LogP contribution in [0.15, 0.2) is 73.1 Å². The number of amides is 1. The second-order valence-electron chi connectivity index (χ2n) is 6.86. The maximum atomic E-state index is 11.6.